The van der Waals surface area contributed by atoms with Crippen molar-refractivity contribution < 1.29 is 0 Å². The Kier molecular flexibility index (Phi) is 3.86. The highest BCUT2D eigenvalue weighted by Crippen LogP contribution is 2.44. The Balaban J connectivity index is 1.55. The first-order chi connectivity index (χ1) is 13.6. The fourth-order valence-corrected chi connectivity index (χ4v) is 4.13. The van der Waals surface area contributed by atoms with Crippen LogP contribution in [0.3, 0.4) is 0 Å². The van der Waals surface area contributed by atoms with Gasteiger partial charge in [0.1, 0.15) is 0 Å². The second kappa shape index (κ2) is 6.41. The number of para-hydroxylation sites is 5. The lowest BCUT2D eigenvalue weighted by Gasteiger charge is -2.40. The summed E-state index contributed by atoms with van der Waals surface area (Å²) in [4.78, 5) is 10.5. The van der Waals surface area contributed by atoms with Gasteiger partial charge in [-0.25, -0.2) is 4.98 Å². The van der Waals surface area contributed by atoms with Crippen molar-refractivity contribution in [2.45, 2.75) is 25.7 Å². The standard InChI is InChI=1S/C24H24N4/c1-24(2)15-16-28(21-13-7-3-9-17(21)24)22-14-8-6-12-20(22)27-23-25-18-10-4-5-11-19(18)26-23/h3-14H,15-16H2,1-2H3,(H2,25,26,27). The third kappa shape index (κ3) is 2.82. The average molecular weight is 368 g/mol. The number of benzene rings is 3. The Labute approximate surface area is 165 Å². The molecule has 0 unspecified atom stereocenters. The fraction of sp³-hybridized carbons (Fsp3) is 0.208. The maximum Gasteiger partial charge on any atom is 0.205 e. The maximum absolute atomic E-state index is 4.68. The number of hydrogen-bond donors (Lipinski definition) is 2. The molecule has 2 N–H and O–H groups in total. The van der Waals surface area contributed by atoms with Gasteiger partial charge in [-0.05, 0) is 47.7 Å². The van der Waals surface area contributed by atoms with E-state index >= 15 is 0 Å². The molecule has 5 rings (SSSR count). The molecule has 0 saturated heterocycles. The van der Waals surface area contributed by atoms with Crippen LogP contribution in [0.15, 0.2) is 72.8 Å². The van der Waals surface area contributed by atoms with Gasteiger partial charge in [0.05, 0.1) is 22.4 Å². The summed E-state index contributed by atoms with van der Waals surface area (Å²) in [7, 11) is 0. The summed E-state index contributed by atoms with van der Waals surface area (Å²) in [6.45, 7) is 5.66. The second-order valence-electron chi connectivity index (χ2n) is 8.05. The molecular formula is C24H24N4. The van der Waals surface area contributed by atoms with Crippen LogP contribution in [0.5, 0.6) is 0 Å². The minimum Gasteiger partial charge on any atom is -0.340 e. The zero-order valence-electron chi connectivity index (χ0n) is 16.2. The molecule has 140 valence electrons. The Morgan fingerprint density at radius 3 is 2.46 bits per heavy atom. The predicted molar refractivity (Wildman–Crippen MR) is 117 cm³/mol. The summed E-state index contributed by atoms with van der Waals surface area (Å²) in [6, 6.07) is 25.3. The summed E-state index contributed by atoms with van der Waals surface area (Å²) in [6.07, 6.45) is 1.11. The number of nitrogens with one attached hydrogen (secondary N) is 2. The molecule has 0 fully saturated rings. The summed E-state index contributed by atoms with van der Waals surface area (Å²) < 4.78 is 0. The largest absolute Gasteiger partial charge is 0.340 e. The highest BCUT2D eigenvalue weighted by Gasteiger charge is 2.32. The first kappa shape index (κ1) is 16.9. The van der Waals surface area contributed by atoms with Crippen LogP contribution in [0.2, 0.25) is 0 Å². The first-order valence-electron chi connectivity index (χ1n) is 9.80. The van der Waals surface area contributed by atoms with Crippen LogP contribution in [0.4, 0.5) is 23.0 Å². The van der Waals surface area contributed by atoms with E-state index in [0.717, 1.165) is 35.6 Å². The van der Waals surface area contributed by atoms with Crippen molar-refractivity contribution in [1.82, 2.24) is 9.97 Å². The van der Waals surface area contributed by atoms with E-state index in [2.05, 4.69) is 82.6 Å². The van der Waals surface area contributed by atoms with Crippen LogP contribution < -0.4 is 10.2 Å². The Morgan fingerprint density at radius 1 is 0.893 bits per heavy atom. The number of rotatable bonds is 3. The smallest absolute Gasteiger partial charge is 0.205 e. The monoisotopic (exact) mass is 368 g/mol. The Morgan fingerprint density at radius 2 is 1.61 bits per heavy atom. The summed E-state index contributed by atoms with van der Waals surface area (Å²) in [5.74, 6) is 0.763. The van der Waals surface area contributed by atoms with E-state index < -0.39 is 0 Å². The van der Waals surface area contributed by atoms with Gasteiger partial charge in [-0.3, -0.25) is 0 Å². The molecular weight excluding hydrogens is 344 g/mol. The van der Waals surface area contributed by atoms with Crippen LogP contribution in [-0.2, 0) is 5.41 Å². The van der Waals surface area contributed by atoms with Crippen LogP contribution in [0.25, 0.3) is 11.0 Å². The number of anilines is 4. The fourth-order valence-electron chi connectivity index (χ4n) is 4.13. The second-order valence-corrected chi connectivity index (χ2v) is 8.05. The number of hydrogen-bond acceptors (Lipinski definition) is 3. The molecule has 0 aliphatic carbocycles. The normalized spacial score (nSPS) is 15.4. The van der Waals surface area contributed by atoms with Gasteiger partial charge in [-0.2, -0.15) is 0 Å². The van der Waals surface area contributed by atoms with Crippen molar-refractivity contribution >= 4 is 34.0 Å². The van der Waals surface area contributed by atoms with Gasteiger partial charge in [-0.1, -0.05) is 56.3 Å². The van der Waals surface area contributed by atoms with E-state index in [0.29, 0.717) is 0 Å². The highest BCUT2D eigenvalue weighted by atomic mass is 15.2. The van der Waals surface area contributed by atoms with Crippen LogP contribution in [0, 0.1) is 0 Å². The lowest BCUT2D eigenvalue weighted by atomic mass is 9.77. The molecule has 4 nitrogen and oxygen atoms in total. The van der Waals surface area contributed by atoms with Gasteiger partial charge >= 0.3 is 0 Å². The van der Waals surface area contributed by atoms with Gasteiger partial charge in [0, 0.05) is 12.2 Å². The zero-order valence-corrected chi connectivity index (χ0v) is 16.2. The van der Waals surface area contributed by atoms with Gasteiger partial charge in [-0.15, -0.1) is 0 Å². The van der Waals surface area contributed by atoms with Gasteiger partial charge in [0.15, 0.2) is 0 Å². The molecule has 4 aromatic rings. The Hall–Kier alpha value is -3.27. The molecule has 0 radical (unpaired) electrons. The molecule has 2 heterocycles. The van der Waals surface area contributed by atoms with Crippen molar-refractivity contribution in [3.05, 3.63) is 78.4 Å². The first-order valence-corrected chi connectivity index (χ1v) is 9.80. The van der Waals surface area contributed by atoms with E-state index in [1.54, 1.807) is 0 Å². The molecule has 1 aliphatic rings. The van der Waals surface area contributed by atoms with Gasteiger partial charge in [0.2, 0.25) is 5.95 Å². The van der Waals surface area contributed by atoms with E-state index in [-0.39, 0.29) is 5.41 Å². The lowest BCUT2D eigenvalue weighted by molar-refractivity contribution is 0.467. The van der Waals surface area contributed by atoms with Crippen molar-refractivity contribution in [3.63, 3.8) is 0 Å². The van der Waals surface area contributed by atoms with Crippen LogP contribution in [-0.4, -0.2) is 16.5 Å². The molecule has 0 amide bonds. The minimum atomic E-state index is 0.189. The Bertz CT molecular complexity index is 1110. The SMILES string of the molecule is CC1(C)CCN(c2ccccc2Nc2nc3ccccc3[nH]2)c2ccccc21. The number of aromatic nitrogens is 2. The van der Waals surface area contributed by atoms with Crippen molar-refractivity contribution in [2.24, 2.45) is 0 Å². The molecule has 0 bridgehead atoms. The topological polar surface area (TPSA) is 44.0 Å². The number of imidazole rings is 1. The quantitative estimate of drug-likeness (QED) is 0.457. The van der Waals surface area contributed by atoms with Crippen molar-refractivity contribution in [1.29, 1.82) is 0 Å². The summed E-state index contributed by atoms with van der Waals surface area (Å²) in [5.41, 5.74) is 7.10. The van der Waals surface area contributed by atoms with Crippen molar-refractivity contribution in [2.75, 3.05) is 16.8 Å². The molecule has 3 aromatic carbocycles. The molecule has 1 aromatic heterocycles. The lowest BCUT2D eigenvalue weighted by Crippen LogP contribution is -2.34. The van der Waals surface area contributed by atoms with Gasteiger partial charge in [0.25, 0.3) is 0 Å². The maximum atomic E-state index is 4.68. The molecule has 4 heteroatoms. The minimum absolute atomic E-state index is 0.189. The third-order valence-corrected chi connectivity index (χ3v) is 5.72. The number of fused-ring (bicyclic) bond motifs is 2. The van der Waals surface area contributed by atoms with E-state index in [1.807, 2.05) is 24.3 Å². The number of nitrogens with zero attached hydrogens (tertiary/aromatic N) is 2. The van der Waals surface area contributed by atoms with Crippen molar-refractivity contribution in [3.8, 4) is 0 Å². The summed E-state index contributed by atoms with van der Waals surface area (Å²) >= 11 is 0. The van der Waals surface area contributed by atoms with E-state index in [9.17, 15) is 0 Å². The zero-order chi connectivity index (χ0) is 19.1. The molecule has 0 saturated carbocycles. The molecule has 1 aliphatic heterocycles. The van der Waals surface area contributed by atoms with Crippen LogP contribution in [0.1, 0.15) is 25.8 Å². The molecule has 0 spiro atoms. The predicted octanol–water partition coefficient (Wildman–Crippen LogP) is 6.13. The average Bonchev–Trinajstić information content (AvgIpc) is 3.11. The third-order valence-electron chi connectivity index (χ3n) is 5.72. The van der Waals surface area contributed by atoms with E-state index in [1.165, 1.54) is 16.9 Å². The highest BCUT2D eigenvalue weighted by molar-refractivity contribution is 5.83. The van der Waals surface area contributed by atoms with Gasteiger partial charge < -0.3 is 15.2 Å². The molecule has 0 atom stereocenters. The van der Waals surface area contributed by atoms with Crippen LogP contribution >= 0.6 is 0 Å². The number of aromatic amines is 1. The van der Waals surface area contributed by atoms with E-state index in [4.69, 9.17) is 0 Å². The summed E-state index contributed by atoms with van der Waals surface area (Å²) in [5, 5.41) is 3.50. The number of H-pyrrole nitrogens is 1. The molecule has 28 heavy (non-hydrogen) atoms.